The Hall–Kier alpha value is -2.24. The SMILES string of the molecule is CCOC(=O)/C(C=O)=N/Nc1ccc(F)cc1. The zero-order chi connectivity index (χ0) is 12.7. The van der Waals surface area contributed by atoms with Crippen molar-refractivity contribution in [3.63, 3.8) is 0 Å². The minimum absolute atomic E-state index is 0.155. The predicted molar refractivity (Wildman–Crippen MR) is 60.2 cm³/mol. The van der Waals surface area contributed by atoms with Crippen molar-refractivity contribution >= 4 is 23.7 Å². The van der Waals surface area contributed by atoms with E-state index in [9.17, 15) is 14.0 Å². The fraction of sp³-hybridized carbons (Fsp3) is 0.182. The van der Waals surface area contributed by atoms with Gasteiger partial charge in [-0.15, -0.1) is 0 Å². The first-order valence-corrected chi connectivity index (χ1v) is 4.89. The number of hydrogen-bond donors (Lipinski definition) is 1. The van der Waals surface area contributed by atoms with Gasteiger partial charge in [0.2, 0.25) is 5.71 Å². The van der Waals surface area contributed by atoms with Crippen LogP contribution in [-0.4, -0.2) is 24.6 Å². The van der Waals surface area contributed by atoms with Crippen molar-refractivity contribution < 1.29 is 18.7 Å². The summed E-state index contributed by atoms with van der Waals surface area (Å²) >= 11 is 0. The molecule has 0 bridgehead atoms. The monoisotopic (exact) mass is 238 g/mol. The Labute approximate surface area is 97.3 Å². The van der Waals surface area contributed by atoms with Gasteiger partial charge in [-0.3, -0.25) is 10.2 Å². The molecule has 17 heavy (non-hydrogen) atoms. The van der Waals surface area contributed by atoms with Gasteiger partial charge in [0.25, 0.3) is 0 Å². The molecule has 0 spiro atoms. The fourth-order valence-electron chi connectivity index (χ4n) is 0.974. The summed E-state index contributed by atoms with van der Waals surface area (Å²) in [5.74, 6) is -1.20. The molecule has 0 aliphatic rings. The summed E-state index contributed by atoms with van der Waals surface area (Å²) in [4.78, 5) is 21.7. The van der Waals surface area contributed by atoms with E-state index in [1.807, 2.05) is 0 Å². The summed E-state index contributed by atoms with van der Waals surface area (Å²) < 4.78 is 17.2. The van der Waals surface area contributed by atoms with E-state index >= 15 is 0 Å². The van der Waals surface area contributed by atoms with Crippen LogP contribution in [0.15, 0.2) is 29.4 Å². The third-order valence-corrected chi connectivity index (χ3v) is 1.75. The number of halogens is 1. The van der Waals surface area contributed by atoms with Crippen molar-refractivity contribution in [1.29, 1.82) is 0 Å². The van der Waals surface area contributed by atoms with Gasteiger partial charge in [-0.25, -0.2) is 9.18 Å². The maximum atomic E-state index is 12.6. The van der Waals surface area contributed by atoms with Crippen molar-refractivity contribution in [2.24, 2.45) is 5.10 Å². The first-order valence-electron chi connectivity index (χ1n) is 4.89. The number of benzene rings is 1. The largest absolute Gasteiger partial charge is 0.461 e. The lowest BCUT2D eigenvalue weighted by Gasteiger charge is -2.02. The van der Waals surface area contributed by atoms with Gasteiger partial charge in [0, 0.05) is 0 Å². The molecule has 0 saturated carbocycles. The third-order valence-electron chi connectivity index (χ3n) is 1.75. The summed E-state index contributed by atoms with van der Waals surface area (Å²) in [6.45, 7) is 1.77. The molecule has 0 aromatic heterocycles. The highest BCUT2D eigenvalue weighted by atomic mass is 19.1. The van der Waals surface area contributed by atoms with E-state index in [0.29, 0.717) is 5.69 Å². The Balaban J connectivity index is 2.70. The second-order valence-electron chi connectivity index (χ2n) is 2.95. The summed E-state index contributed by atoms with van der Waals surface area (Å²) in [6, 6.07) is 5.30. The van der Waals surface area contributed by atoms with Crippen molar-refractivity contribution in [3.8, 4) is 0 Å². The van der Waals surface area contributed by atoms with E-state index in [1.54, 1.807) is 6.92 Å². The molecule has 0 unspecified atom stereocenters. The lowest BCUT2D eigenvalue weighted by Crippen LogP contribution is -2.20. The first-order chi connectivity index (χ1) is 8.17. The van der Waals surface area contributed by atoms with Crippen molar-refractivity contribution in [2.75, 3.05) is 12.0 Å². The van der Waals surface area contributed by atoms with Crippen LogP contribution in [0.1, 0.15) is 6.92 Å². The Bertz CT molecular complexity index is 429. The van der Waals surface area contributed by atoms with E-state index in [2.05, 4.69) is 15.3 Å². The van der Waals surface area contributed by atoms with E-state index in [-0.39, 0.29) is 24.4 Å². The van der Waals surface area contributed by atoms with Gasteiger partial charge >= 0.3 is 5.97 Å². The standard InChI is InChI=1S/C11H11FN2O3/c1-2-17-11(16)10(7-15)14-13-9-5-3-8(12)4-6-9/h3-7,13H,2H2,1H3/b14-10+. The van der Waals surface area contributed by atoms with Crippen LogP contribution in [0.4, 0.5) is 10.1 Å². The van der Waals surface area contributed by atoms with Crippen LogP contribution in [0.3, 0.4) is 0 Å². The smallest absolute Gasteiger partial charge is 0.362 e. The summed E-state index contributed by atoms with van der Waals surface area (Å²) in [7, 11) is 0. The molecule has 5 nitrogen and oxygen atoms in total. The van der Waals surface area contributed by atoms with Crippen LogP contribution in [0, 0.1) is 5.82 Å². The first kappa shape index (κ1) is 12.8. The Morgan fingerprint density at radius 1 is 1.47 bits per heavy atom. The number of hydrazone groups is 1. The van der Waals surface area contributed by atoms with Crippen LogP contribution in [0.25, 0.3) is 0 Å². The number of ether oxygens (including phenoxy) is 1. The van der Waals surface area contributed by atoms with Gasteiger partial charge in [-0.1, -0.05) is 0 Å². The quantitative estimate of drug-likeness (QED) is 0.276. The molecule has 6 heteroatoms. The number of esters is 1. The van der Waals surface area contributed by atoms with E-state index < -0.39 is 5.97 Å². The lowest BCUT2D eigenvalue weighted by molar-refractivity contribution is -0.135. The average molecular weight is 238 g/mol. The second-order valence-corrected chi connectivity index (χ2v) is 2.95. The van der Waals surface area contributed by atoms with Gasteiger partial charge in [0.1, 0.15) is 5.82 Å². The molecular weight excluding hydrogens is 227 g/mol. The number of hydrogen-bond acceptors (Lipinski definition) is 5. The van der Waals surface area contributed by atoms with Crippen LogP contribution < -0.4 is 5.43 Å². The zero-order valence-corrected chi connectivity index (χ0v) is 9.14. The van der Waals surface area contributed by atoms with E-state index in [1.165, 1.54) is 24.3 Å². The number of carbonyl (C=O) groups excluding carboxylic acids is 2. The number of carbonyl (C=O) groups is 2. The molecule has 1 rings (SSSR count). The molecule has 1 N–H and O–H groups in total. The summed E-state index contributed by atoms with van der Waals surface area (Å²) in [5.41, 5.74) is 2.53. The Morgan fingerprint density at radius 3 is 2.65 bits per heavy atom. The molecule has 90 valence electrons. The predicted octanol–water partition coefficient (Wildman–Crippen LogP) is 1.36. The maximum Gasteiger partial charge on any atom is 0.362 e. The molecule has 0 heterocycles. The number of aldehydes is 1. The molecule has 0 aliphatic heterocycles. The van der Waals surface area contributed by atoms with Gasteiger partial charge in [-0.2, -0.15) is 5.10 Å². The molecule has 0 amide bonds. The van der Waals surface area contributed by atoms with Gasteiger partial charge in [0.05, 0.1) is 12.3 Å². The summed E-state index contributed by atoms with van der Waals surface area (Å²) in [6.07, 6.45) is 0.286. The van der Waals surface area contributed by atoms with Crippen molar-refractivity contribution in [2.45, 2.75) is 6.92 Å². The minimum atomic E-state index is -0.808. The fourth-order valence-corrected chi connectivity index (χ4v) is 0.974. The zero-order valence-electron chi connectivity index (χ0n) is 9.14. The molecule has 0 radical (unpaired) electrons. The number of nitrogens with zero attached hydrogens (tertiary/aromatic N) is 1. The molecular formula is C11H11FN2O3. The number of anilines is 1. The number of nitrogens with one attached hydrogen (secondary N) is 1. The normalized spacial score (nSPS) is 10.8. The highest BCUT2D eigenvalue weighted by molar-refractivity contribution is 6.58. The second kappa shape index (κ2) is 6.37. The van der Waals surface area contributed by atoms with Gasteiger partial charge in [-0.05, 0) is 31.2 Å². The molecule has 0 saturated heterocycles. The van der Waals surface area contributed by atoms with E-state index in [0.717, 1.165) is 0 Å². The number of rotatable bonds is 5. The van der Waals surface area contributed by atoms with Crippen LogP contribution in [0.2, 0.25) is 0 Å². The average Bonchev–Trinajstić information content (AvgIpc) is 2.32. The highest BCUT2D eigenvalue weighted by Crippen LogP contribution is 2.07. The third kappa shape index (κ3) is 4.02. The molecule has 0 aliphatic carbocycles. The Kier molecular flexibility index (Phi) is 4.80. The van der Waals surface area contributed by atoms with Crippen LogP contribution in [-0.2, 0) is 14.3 Å². The molecule has 1 aromatic rings. The van der Waals surface area contributed by atoms with E-state index in [4.69, 9.17) is 0 Å². The molecule has 1 aromatic carbocycles. The highest BCUT2D eigenvalue weighted by Gasteiger charge is 2.11. The Morgan fingerprint density at radius 2 is 2.12 bits per heavy atom. The molecule has 0 fully saturated rings. The summed E-state index contributed by atoms with van der Waals surface area (Å²) in [5, 5.41) is 3.56. The van der Waals surface area contributed by atoms with Crippen LogP contribution in [0.5, 0.6) is 0 Å². The van der Waals surface area contributed by atoms with Crippen molar-refractivity contribution in [3.05, 3.63) is 30.1 Å². The van der Waals surface area contributed by atoms with Gasteiger partial charge < -0.3 is 4.74 Å². The minimum Gasteiger partial charge on any atom is -0.461 e. The van der Waals surface area contributed by atoms with Gasteiger partial charge in [0.15, 0.2) is 6.29 Å². The van der Waals surface area contributed by atoms with Crippen LogP contribution >= 0.6 is 0 Å². The lowest BCUT2D eigenvalue weighted by atomic mass is 10.3. The maximum absolute atomic E-state index is 12.6. The van der Waals surface area contributed by atoms with Crippen molar-refractivity contribution in [1.82, 2.24) is 0 Å². The topological polar surface area (TPSA) is 67.8 Å². The molecule has 0 atom stereocenters.